The van der Waals surface area contributed by atoms with Gasteiger partial charge in [0.2, 0.25) is 6.41 Å². The second-order valence-corrected chi connectivity index (χ2v) is 2.13. The highest BCUT2D eigenvalue weighted by Gasteiger charge is 2.06. The fourth-order valence-corrected chi connectivity index (χ4v) is 0.683. The van der Waals surface area contributed by atoms with Gasteiger partial charge in [-0.2, -0.15) is 0 Å². The SMILES string of the molecule is C=CCN(C=O)CC(=O)OCC. The zero-order chi connectivity index (χ0) is 9.40. The second-order valence-electron chi connectivity index (χ2n) is 2.13. The van der Waals surface area contributed by atoms with Crippen LogP contribution < -0.4 is 0 Å². The van der Waals surface area contributed by atoms with Gasteiger partial charge in [0, 0.05) is 6.54 Å². The Hall–Kier alpha value is -1.32. The van der Waals surface area contributed by atoms with Crippen LogP contribution in [0.15, 0.2) is 12.7 Å². The first-order chi connectivity index (χ1) is 5.74. The monoisotopic (exact) mass is 171 g/mol. The Labute approximate surface area is 71.8 Å². The van der Waals surface area contributed by atoms with E-state index in [1.807, 2.05) is 0 Å². The molecular formula is C8H13NO3. The third-order valence-electron chi connectivity index (χ3n) is 1.15. The van der Waals surface area contributed by atoms with Crippen molar-refractivity contribution in [3.8, 4) is 0 Å². The molecule has 0 unspecified atom stereocenters. The van der Waals surface area contributed by atoms with Crippen LogP contribution in [-0.4, -0.2) is 37.0 Å². The van der Waals surface area contributed by atoms with Gasteiger partial charge in [0.15, 0.2) is 0 Å². The van der Waals surface area contributed by atoms with Gasteiger partial charge in [0.1, 0.15) is 6.54 Å². The number of nitrogens with zero attached hydrogens (tertiary/aromatic N) is 1. The highest BCUT2D eigenvalue weighted by Crippen LogP contribution is 1.86. The summed E-state index contributed by atoms with van der Waals surface area (Å²) in [5, 5.41) is 0. The number of carbonyl (C=O) groups excluding carboxylic acids is 2. The molecule has 1 amide bonds. The summed E-state index contributed by atoms with van der Waals surface area (Å²) < 4.78 is 4.65. The predicted molar refractivity (Wildman–Crippen MR) is 44.5 cm³/mol. The van der Waals surface area contributed by atoms with Crippen LogP contribution in [0.3, 0.4) is 0 Å². The lowest BCUT2D eigenvalue weighted by atomic mass is 10.5. The Morgan fingerprint density at radius 2 is 2.33 bits per heavy atom. The van der Waals surface area contributed by atoms with E-state index in [1.54, 1.807) is 13.0 Å². The van der Waals surface area contributed by atoms with Crippen LogP contribution in [0, 0.1) is 0 Å². The fourth-order valence-electron chi connectivity index (χ4n) is 0.683. The maximum atomic E-state index is 10.8. The molecule has 68 valence electrons. The molecule has 0 spiro atoms. The molecule has 4 heteroatoms. The summed E-state index contributed by atoms with van der Waals surface area (Å²) in [6.07, 6.45) is 2.15. The molecule has 0 aromatic carbocycles. The van der Waals surface area contributed by atoms with Gasteiger partial charge in [0.25, 0.3) is 0 Å². The van der Waals surface area contributed by atoms with Crippen molar-refractivity contribution in [2.75, 3.05) is 19.7 Å². The zero-order valence-electron chi connectivity index (χ0n) is 7.16. The molecule has 0 N–H and O–H groups in total. The van der Waals surface area contributed by atoms with Gasteiger partial charge < -0.3 is 9.64 Å². The van der Waals surface area contributed by atoms with E-state index in [-0.39, 0.29) is 6.54 Å². The number of ether oxygens (including phenoxy) is 1. The molecule has 0 aliphatic carbocycles. The fraction of sp³-hybridized carbons (Fsp3) is 0.500. The van der Waals surface area contributed by atoms with Gasteiger partial charge in [-0.25, -0.2) is 0 Å². The molecule has 0 rings (SSSR count). The molecule has 12 heavy (non-hydrogen) atoms. The van der Waals surface area contributed by atoms with E-state index < -0.39 is 5.97 Å². The van der Waals surface area contributed by atoms with Crippen LogP contribution in [0.1, 0.15) is 6.92 Å². The average Bonchev–Trinajstić information content (AvgIpc) is 2.04. The van der Waals surface area contributed by atoms with Gasteiger partial charge in [-0.05, 0) is 6.92 Å². The van der Waals surface area contributed by atoms with Crippen molar-refractivity contribution in [1.82, 2.24) is 4.90 Å². The summed E-state index contributed by atoms with van der Waals surface area (Å²) in [5.74, 6) is -0.397. The van der Waals surface area contributed by atoms with Gasteiger partial charge in [0.05, 0.1) is 6.61 Å². The molecule has 0 saturated heterocycles. The van der Waals surface area contributed by atoms with Crippen LogP contribution in [-0.2, 0) is 14.3 Å². The number of rotatable bonds is 6. The molecule has 0 atom stereocenters. The van der Waals surface area contributed by atoms with Crippen LogP contribution in [0.5, 0.6) is 0 Å². The third-order valence-corrected chi connectivity index (χ3v) is 1.15. The Kier molecular flexibility index (Phi) is 5.69. The van der Waals surface area contributed by atoms with Crippen molar-refractivity contribution >= 4 is 12.4 Å². The van der Waals surface area contributed by atoms with E-state index in [9.17, 15) is 9.59 Å². The maximum Gasteiger partial charge on any atom is 0.325 e. The Bertz CT molecular complexity index is 168. The van der Waals surface area contributed by atoms with E-state index >= 15 is 0 Å². The Morgan fingerprint density at radius 1 is 1.67 bits per heavy atom. The lowest BCUT2D eigenvalue weighted by Gasteiger charge is -2.12. The summed E-state index contributed by atoms with van der Waals surface area (Å²) in [4.78, 5) is 22.4. The van der Waals surface area contributed by atoms with Crippen LogP contribution in [0.4, 0.5) is 0 Å². The second kappa shape index (κ2) is 6.39. The standard InChI is InChI=1S/C8H13NO3/c1-3-5-9(7-10)6-8(11)12-4-2/h3,7H,1,4-6H2,2H3. The molecule has 0 aliphatic rings. The first-order valence-electron chi connectivity index (χ1n) is 3.70. The molecule has 0 bridgehead atoms. The lowest BCUT2D eigenvalue weighted by Crippen LogP contribution is -2.29. The maximum absolute atomic E-state index is 10.8. The van der Waals surface area contributed by atoms with Crippen LogP contribution in [0.2, 0.25) is 0 Å². The number of carbonyl (C=O) groups is 2. The van der Waals surface area contributed by atoms with E-state index in [2.05, 4.69) is 11.3 Å². The van der Waals surface area contributed by atoms with E-state index in [0.717, 1.165) is 0 Å². The highest BCUT2D eigenvalue weighted by atomic mass is 16.5. The Morgan fingerprint density at radius 3 is 2.75 bits per heavy atom. The minimum atomic E-state index is -0.397. The molecule has 0 radical (unpaired) electrons. The Balaban J connectivity index is 3.76. The van der Waals surface area contributed by atoms with Gasteiger partial charge in [-0.3, -0.25) is 9.59 Å². The third kappa shape index (κ3) is 4.49. The van der Waals surface area contributed by atoms with Crippen molar-refractivity contribution in [3.63, 3.8) is 0 Å². The molecule has 0 fully saturated rings. The number of amides is 1. The van der Waals surface area contributed by atoms with Crippen molar-refractivity contribution in [3.05, 3.63) is 12.7 Å². The average molecular weight is 171 g/mol. The quantitative estimate of drug-likeness (QED) is 0.325. The zero-order valence-corrected chi connectivity index (χ0v) is 7.16. The summed E-state index contributed by atoms with van der Waals surface area (Å²) in [7, 11) is 0. The van der Waals surface area contributed by atoms with Crippen molar-refractivity contribution < 1.29 is 14.3 Å². The lowest BCUT2D eigenvalue weighted by molar-refractivity contribution is -0.146. The summed E-state index contributed by atoms with van der Waals surface area (Å²) in [5.41, 5.74) is 0. The summed E-state index contributed by atoms with van der Waals surface area (Å²) >= 11 is 0. The number of hydrogen-bond acceptors (Lipinski definition) is 3. The van der Waals surface area contributed by atoms with Crippen molar-refractivity contribution in [1.29, 1.82) is 0 Å². The smallest absolute Gasteiger partial charge is 0.325 e. The molecule has 0 aromatic rings. The number of hydrogen-bond donors (Lipinski definition) is 0. The van der Waals surface area contributed by atoms with Crippen LogP contribution >= 0.6 is 0 Å². The van der Waals surface area contributed by atoms with Gasteiger partial charge >= 0.3 is 5.97 Å². The van der Waals surface area contributed by atoms with Gasteiger partial charge in [-0.15, -0.1) is 6.58 Å². The highest BCUT2D eigenvalue weighted by molar-refractivity contribution is 5.74. The first kappa shape index (κ1) is 10.7. The molecule has 4 nitrogen and oxygen atoms in total. The van der Waals surface area contributed by atoms with E-state index in [0.29, 0.717) is 19.6 Å². The number of esters is 1. The van der Waals surface area contributed by atoms with E-state index in [1.165, 1.54) is 4.90 Å². The minimum Gasteiger partial charge on any atom is -0.465 e. The predicted octanol–water partition coefficient (Wildman–Crippen LogP) is 0.194. The molecule has 0 heterocycles. The van der Waals surface area contributed by atoms with Gasteiger partial charge in [-0.1, -0.05) is 6.08 Å². The summed E-state index contributed by atoms with van der Waals surface area (Å²) in [6, 6.07) is 0. The molecule has 0 saturated carbocycles. The van der Waals surface area contributed by atoms with Crippen molar-refractivity contribution in [2.24, 2.45) is 0 Å². The molecule has 0 aromatic heterocycles. The molecular weight excluding hydrogens is 158 g/mol. The van der Waals surface area contributed by atoms with Crippen molar-refractivity contribution in [2.45, 2.75) is 6.92 Å². The summed E-state index contributed by atoms with van der Waals surface area (Å²) in [6.45, 7) is 5.85. The first-order valence-corrected chi connectivity index (χ1v) is 3.70. The van der Waals surface area contributed by atoms with E-state index in [4.69, 9.17) is 0 Å². The normalized spacial score (nSPS) is 8.75. The molecule has 0 aliphatic heterocycles. The topological polar surface area (TPSA) is 46.6 Å². The van der Waals surface area contributed by atoms with Crippen LogP contribution in [0.25, 0.3) is 0 Å². The largest absolute Gasteiger partial charge is 0.465 e. The minimum absolute atomic E-state index is 0.0106.